The Labute approximate surface area is 127 Å². The summed E-state index contributed by atoms with van der Waals surface area (Å²) in [4.78, 5) is 13.9. The van der Waals surface area contributed by atoms with Gasteiger partial charge >= 0.3 is 0 Å². The highest BCUT2D eigenvalue weighted by atomic mass is 16.5. The van der Waals surface area contributed by atoms with Crippen molar-refractivity contribution in [3.63, 3.8) is 0 Å². The highest BCUT2D eigenvalue weighted by Crippen LogP contribution is 2.17. The number of nitrogens with one attached hydrogen (secondary N) is 1. The molecule has 1 aromatic carbocycles. The maximum Gasteiger partial charge on any atom is 0.268 e. The molecular weight excluding hydrogens is 266 g/mol. The molecule has 5 heteroatoms. The van der Waals surface area contributed by atoms with Crippen LogP contribution >= 0.6 is 0 Å². The number of nitrogens with two attached hydrogens (primary N) is 1. The SMILES string of the molecule is CC(C)CC(C)N(C)CCOc1ccccc1C(=O)NN. The van der Waals surface area contributed by atoms with Crippen molar-refractivity contribution in [1.29, 1.82) is 0 Å². The molecule has 118 valence electrons. The maximum atomic E-state index is 11.6. The number of nitrogen functional groups attached to an aromatic ring is 1. The summed E-state index contributed by atoms with van der Waals surface area (Å²) in [7, 11) is 2.09. The highest BCUT2D eigenvalue weighted by Gasteiger charge is 2.13. The number of nitrogens with zero attached hydrogens (tertiary/aromatic N) is 1. The number of carbonyl (C=O) groups is 1. The third-order valence-electron chi connectivity index (χ3n) is 3.53. The first-order valence-corrected chi connectivity index (χ1v) is 7.38. The molecule has 1 aromatic rings. The molecule has 0 aliphatic carbocycles. The minimum absolute atomic E-state index is 0.341. The molecule has 0 fully saturated rings. The lowest BCUT2D eigenvalue weighted by Crippen LogP contribution is -2.34. The summed E-state index contributed by atoms with van der Waals surface area (Å²) >= 11 is 0. The molecule has 1 unspecified atom stereocenters. The summed E-state index contributed by atoms with van der Waals surface area (Å²) in [6.07, 6.45) is 1.16. The Hall–Kier alpha value is -1.59. The average Bonchev–Trinajstić information content (AvgIpc) is 2.46. The van der Waals surface area contributed by atoms with Gasteiger partial charge in [-0.2, -0.15) is 0 Å². The molecule has 3 N–H and O–H groups in total. The van der Waals surface area contributed by atoms with Gasteiger partial charge in [0.2, 0.25) is 0 Å². The van der Waals surface area contributed by atoms with Crippen LogP contribution < -0.4 is 16.0 Å². The van der Waals surface area contributed by atoms with Crippen molar-refractivity contribution in [3.05, 3.63) is 29.8 Å². The van der Waals surface area contributed by atoms with Crippen LogP contribution in [0.5, 0.6) is 5.75 Å². The van der Waals surface area contributed by atoms with E-state index in [1.54, 1.807) is 18.2 Å². The lowest BCUT2D eigenvalue weighted by Gasteiger charge is -2.26. The fourth-order valence-corrected chi connectivity index (χ4v) is 2.24. The topological polar surface area (TPSA) is 67.6 Å². The highest BCUT2D eigenvalue weighted by molar-refractivity contribution is 5.96. The number of amides is 1. The Kier molecular flexibility index (Phi) is 7.19. The number of hydrogen-bond donors (Lipinski definition) is 2. The number of benzene rings is 1. The minimum Gasteiger partial charge on any atom is -0.491 e. The summed E-state index contributed by atoms with van der Waals surface area (Å²) < 4.78 is 5.73. The number of para-hydroxylation sites is 1. The van der Waals surface area contributed by atoms with Gasteiger partial charge in [-0.15, -0.1) is 0 Å². The molecule has 0 heterocycles. The molecule has 0 spiro atoms. The molecule has 0 aromatic heterocycles. The summed E-state index contributed by atoms with van der Waals surface area (Å²) in [5.74, 6) is 6.07. The monoisotopic (exact) mass is 293 g/mol. The average molecular weight is 293 g/mol. The van der Waals surface area contributed by atoms with Gasteiger partial charge in [0, 0.05) is 12.6 Å². The van der Waals surface area contributed by atoms with E-state index in [-0.39, 0.29) is 5.91 Å². The van der Waals surface area contributed by atoms with E-state index < -0.39 is 0 Å². The maximum absolute atomic E-state index is 11.6. The summed E-state index contributed by atoms with van der Waals surface area (Å²) in [5.41, 5.74) is 2.59. The van der Waals surface area contributed by atoms with Gasteiger partial charge in [0.15, 0.2) is 0 Å². The standard InChI is InChI=1S/C16H27N3O2/c1-12(2)11-13(3)19(4)9-10-21-15-8-6-5-7-14(15)16(20)18-17/h5-8,12-13H,9-11,17H2,1-4H3,(H,18,20). The Morgan fingerprint density at radius 2 is 2.00 bits per heavy atom. The smallest absolute Gasteiger partial charge is 0.268 e. The lowest BCUT2D eigenvalue weighted by atomic mass is 10.0. The molecule has 0 saturated carbocycles. The predicted octanol–water partition coefficient (Wildman–Crippen LogP) is 2.04. The molecule has 0 aliphatic heterocycles. The lowest BCUT2D eigenvalue weighted by molar-refractivity contribution is 0.0948. The van der Waals surface area contributed by atoms with E-state index in [1.165, 1.54) is 0 Å². The van der Waals surface area contributed by atoms with Crippen molar-refractivity contribution in [1.82, 2.24) is 10.3 Å². The first kappa shape index (κ1) is 17.5. The Morgan fingerprint density at radius 1 is 1.33 bits per heavy atom. The zero-order valence-electron chi connectivity index (χ0n) is 13.4. The Bertz CT molecular complexity index is 449. The first-order valence-electron chi connectivity index (χ1n) is 7.38. The van der Waals surface area contributed by atoms with E-state index in [9.17, 15) is 4.79 Å². The fourth-order valence-electron chi connectivity index (χ4n) is 2.24. The van der Waals surface area contributed by atoms with E-state index in [2.05, 4.69) is 38.1 Å². The van der Waals surface area contributed by atoms with Crippen molar-refractivity contribution in [3.8, 4) is 5.75 Å². The van der Waals surface area contributed by atoms with Crippen molar-refractivity contribution in [2.75, 3.05) is 20.2 Å². The van der Waals surface area contributed by atoms with E-state index in [4.69, 9.17) is 10.6 Å². The van der Waals surface area contributed by atoms with Crippen LogP contribution in [0.15, 0.2) is 24.3 Å². The Morgan fingerprint density at radius 3 is 2.62 bits per heavy atom. The van der Waals surface area contributed by atoms with Gasteiger partial charge in [-0.3, -0.25) is 10.2 Å². The third-order valence-corrected chi connectivity index (χ3v) is 3.53. The van der Waals surface area contributed by atoms with Gasteiger partial charge in [0.1, 0.15) is 12.4 Å². The van der Waals surface area contributed by atoms with Crippen LogP contribution in [-0.2, 0) is 0 Å². The van der Waals surface area contributed by atoms with Crippen LogP contribution in [0.2, 0.25) is 0 Å². The summed E-state index contributed by atoms with van der Waals surface area (Å²) in [6, 6.07) is 7.61. The van der Waals surface area contributed by atoms with E-state index in [0.29, 0.717) is 29.9 Å². The van der Waals surface area contributed by atoms with Crippen LogP contribution in [0.25, 0.3) is 0 Å². The zero-order valence-corrected chi connectivity index (χ0v) is 13.4. The first-order chi connectivity index (χ1) is 9.95. The van der Waals surface area contributed by atoms with Crippen LogP contribution in [0.4, 0.5) is 0 Å². The molecule has 1 atom stereocenters. The number of likely N-dealkylation sites (N-methyl/N-ethyl adjacent to an activating group) is 1. The molecule has 0 aliphatic rings. The van der Waals surface area contributed by atoms with E-state index in [1.807, 2.05) is 6.07 Å². The van der Waals surface area contributed by atoms with Crippen LogP contribution in [0, 0.1) is 5.92 Å². The van der Waals surface area contributed by atoms with Gasteiger partial charge in [0.05, 0.1) is 5.56 Å². The zero-order chi connectivity index (χ0) is 15.8. The number of carbonyl (C=O) groups excluding carboxylic acids is 1. The van der Waals surface area contributed by atoms with Crippen molar-refractivity contribution < 1.29 is 9.53 Å². The van der Waals surface area contributed by atoms with Crippen molar-refractivity contribution >= 4 is 5.91 Å². The second kappa shape index (κ2) is 8.64. The second-order valence-electron chi connectivity index (χ2n) is 5.78. The predicted molar refractivity (Wildman–Crippen MR) is 85.1 cm³/mol. The molecule has 1 amide bonds. The van der Waals surface area contributed by atoms with Crippen molar-refractivity contribution in [2.45, 2.75) is 33.2 Å². The largest absolute Gasteiger partial charge is 0.491 e. The number of ether oxygens (including phenoxy) is 1. The summed E-state index contributed by atoms with van der Waals surface area (Å²) in [5, 5.41) is 0. The third kappa shape index (κ3) is 5.73. The summed E-state index contributed by atoms with van der Waals surface area (Å²) in [6.45, 7) is 8.01. The van der Waals surface area contributed by atoms with Gasteiger partial charge in [-0.05, 0) is 38.4 Å². The molecule has 5 nitrogen and oxygen atoms in total. The molecule has 1 rings (SSSR count). The molecule has 0 saturated heterocycles. The number of hydrazine groups is 1. The van der Waals surface area contributed by atoms with Gasteiger partial charge in [-0.1, -0.05) is 26.0 Å². The quantitative estimate of drug-likeness (QED) is 0.437. The minimum atomic E-state index is -0.341. The second-order valence-corrected chi connectivity index (χ2v) is 5.78. The van der Waals surface area contributed by atoms with Gasteiger partial charge in [-0.25, -0.2) is 5.84 Å². The van der Waals surface area contributed by atoms with E-state index >= 15 is 0 Å². The molecule has 21 heavy (non-hydrogen) atoms. The van der Waals surface area contributed by atoms with Crippen LogP contribution in [0.1, 0.15) is 37.6 Å². The number of rotatable bonds is 8. The van der Waals surface area contributed by atoms with Crippen molar-refractivity contribution in [2.24, 2.45) is 11.8 Å². The van der Waals surface area contributed by atoms with Gasteiger partial charge in [0.25, 0.3) is 5.91 Å². The number of hydrogen-bond acceptors (Lipinski definition) is 4. The Balaban J connectivity index is 2.51. The van der Waals surface area contributed by atoms with E-state index in [0.717, 1.165) is 13.0 Å². The van der Waals surface area contributed by atoms with Crippen LogP contribution in [0.3, 0.4) is 0 Å². The van der Waals surface area contributed by atoms with Crippen LogP contribution in [-0.4, -0.2) is 37.0 Å². The molecule has 0 radical (unpaired) electrons. The fraction of sp³-hybridized carbons (Fsp3) is 0.562. The molecular formula is C16H27N3O2. The molecule has 0 bridgehead atoms. The van der Waals surface area contributed by atoms with Gasteiger partial charge < -0.3 is 9.64 Å². The normalized spacial score (nSPS) is 12.5.